The first kappa shape index (κ1) is 13.1. The van der Waals surface area contributed by atoms with Crippen LogP contribution in [-0.2, 0) is 16.6 Å². The number of carbonyl (C=O) groups excluding carboxylic acids is 1. The molecule has 1 aliphatic rings. The molecule has 3 heteroatoms. The summed E-state index contributed by atoms with van der Waals surface area (Å²) in [5.41, 5.74) is 2.16. The quantitative estimate of drug-likeness (QED) is 0.705. The topological polar surface area (TPSA) is 33.2 Å². The Labute approximate surface area is 109 Å². The maximum absolute atomic E-state index is 12.2. The first-order chi connectivity index (χ1) is 8.12. The molecule has 1 aromatic heterocycles. The van der Waals surface area contributed by atoms with Gasteiger partial charge in [0.15, 0.2) is 0 Å². The molecule has 0 unspecified atom stereocenters. The predicted octanol–water partition coefficient (Wildman–Crippen LogP) is 3.07. The van der Waals surface area contributed by atoms with Crippen LogP contribution in [0.4, 0.5) is 5.82 Å². The zero-order valence-corrected chi connectivity index (χ0v) is 12.2. The minimum atomic E-state index is -0.216. The monoisotopic (exact) mass is 246 g/mol. The van der Waals surface area contributed by atoms with E-state index in [0.29, 0.717) is 6.42 Å². The second kappa shape index (κ2) is 3.81. The number of pyridine rings is 1. The summed E-state index contributed by atoms with van der Waals surface area (Å²) in [5, 5.41) is 0. The van der Waals surface area contributed by atoms with Crippen LogP contribution in [-0.4, -0.2) is 16.4 Å². The molecule has 0 fully saturated rings. The summed E-state index contributed by atoms with van der Waals surface area (Å²) in [4.78, 5) is 18.5. The lowest BCUT2D eigenvalue weighted by Crippen LogP contribution is -2.44. The summed E-state index contributed by atoms with van der Waals surface area (Å²) in [6.07, 6.45) is 2.30. The number of amides is 1. The Morgan fingerprint density at radius 1 is 1.17 bits per heavy atom. The maximum Gasteiger partial charge on any atom is 0.233 e. The van der Waals surface area contributed by atoms with Crippen molar-refractivity contribution in [3.05, 3.63) is 23.4 Å². The highest BCUT2D eigenvalue weighted by Crippen LogP contribution is 2.38. The van der Waals surface area contributed by atoms with Gasteiger partial charge in [0.1, 0.15) is 5.82 Å². The van der Waals surface area contributed by atoms with Crippen LogP contribution in [0.3, 0.4) is 0 Å². The van der Waals surface area contributed by atoms with E-state index in [0.717, 1.165) is 11.4 Å². The molecule has 0 saturated heterocycles. The van der Waals surface area contributed by atoms with Gasteiger partial charge in [0.25, 0.3) is 0 Å². The molecule has 0 spiro atoms. The van der Waals surface area contributed by atoms with E-state index in [1.807, 2.05) is 37.9 Å². The van der Waals surface area contributed by atoms with Gasteiger partial charge in [-0.15, -0.1) is 0 Å². The number of rotatable bonds is 0. The first-order valence-electron chi connectivity index (χ1n) is 6.44. The molecule has 0 aliphatic carbocycles. The van der Waals surface area contributed by atoms with Crippen molar-refractivity contribution in [2.75, 3.05) is 4.90 Å². The molecule has 1 aromatic rings. The molecule has 1 aliphatic heterocycles. The van der Waals surface area contributed by atoms with Crippen molar-refractivity contribution in [3.8, 4) is 0 Å². The second-order valence-corrected chi connectivity index (χ2v) is 6.99. The summed E-state index contributed by atoms with van der Waals surface area (Å²) < 4.78 is 0. The van der Waals surface area contributed by atoms with Gasteiger partial charge in [-0.1, -0.05) is 20.8 Å². The Hall–Kier alpha value is -1.38. The molecule has 0 saturated carbocycles. The van der Waals surface area contributed by atoms with Gasteiger partial charge < -0.3 is 0 Å². The van der Waals surface area contributed by atoms with Crippen molar-refractivity contribution >= 4 is 11.7 Å². The lowest BCUT2D eigenvalue weighted by Gasteiger charge is -2.32. The number of hydrogen-bond donors (Lipinski definition) is 0. The number of hydrogen-bond acceptors (Lipinski definition) is 2. The van der Waals surface area contributed by atoms with Crippen LogP contribution in [0.5, 0.6) is 0 Å². The van der Waals surface area contributed by atoms with E-state index in [2.05, 4.69) is 25.8 Å². The summed E-state index contributed by atoms with van der Waals surface area (Å²) in [6, 6.07) is 2.04. The molecule has 0 aromatic carbocycles. The molecule has 0 atom stereocenters. The molecule has 3 nitrogen and oxygen atoms in total. The van der Waals surface area contributed by atoms with Crippen LogP contribution in [0, 0.1) is 0 Å². The molecule has 0 N–H and O–H groups in total. The lowest BCUT2D eigenvalue weighted by atomic mass is 9.84. The maximum atomic E-state index is 12.2. The third-order valence-electron chi connectivity index (χ3n) is 3.30. The third kappa shape index (κ3) is 2.02. The zero-order chi connectivity index (χ0) is 13.7. The highest BCUT2D eigenvalue weighted by Gasteiger charge is 2.38. The number of nitrogens with zero attached hydrogens (tertiary/aromatic N) is 2. The van der Waals surface area contributed by atoms with Gasteiger partial charge in [-0.2, -0.15) is 0 Å². The van der Waals surface area contributed by atoms with Crippen molar-refractivity contribution in [2.24, 2.45) is 0 Å². The van der Waals surface area contributed by atoms with Gasteiger partial charge in [-0.25, -0.2) is 4.98 Å². The molecule has 18 heavy (non-hydrogen) atoms. The normalized spacial score (nSPS) is 16.1. The fourth-order valence-electron chi connectivity index (χ4n) is 2.59. The fraction of sp³-hybridized carbons (Fsp3) is 0.600. The van der Waals surface area contributed by atoms with E-state index in [9.17, 15) is 4.79 Å². The van der Waals surface area contributed by atoms with Crippen LogP contribution < -0.4 is 4.90 Å². The van der Waals surface area contributed by atoms with Crippen molar-refractivity contribution in [1.29, 1.82) is 0 Å². The summed E-state index contributed by atoms with van der Waals surface area (Å²) in [6.45, 7) is 12.7. The highest BCUT2D eigenvalue weighted by atomic mass is 16.2. The third-order valence-corrected chi connectivity index (χ3v) is 3.30. The van der Waals surface area contributed by atoms with Crippen molar-refractivity contribution in [2.45, 2.75) is 58.9 Å². The Kier molecular flexibility index (Phi) is 2.76. The molecule has 0 radical (unpaired) electrons. The molecule has 98 valence electrons. The van der Waals surface area contributed by atoms with Crippen molar-refractivity contribution < 1.29 is 4.79 Å². The van der Waals surface area contributed by atoms with Gasteiger partial charge in [-0.05, 0) is 37.8 Å². The van der Waals surface area contributed by atoms with Gasteiger partial charge in [0.2, 0.25) is 5.91 Å². The van der Waals surface area contributed by atoms with Gasteiger partial charge >= 0.3 is 0 Å². The first-order valence-corrected chi connectivity index (χ1v) is 6.44. The average Bonchev–Trinajstić information content (AvgIpc) is 2.50. The van der Waals surface area contributed by atoms with E-state index in [1.165, 1.54) is 5.56 Å². The lowest BCUT2D eigenvalue weighted by molar-refractivity contribution is -0.118. The van der Waals surface area contributed by atoms with E-state index >= 15 is 0 Å². The van der Waals surface area contributed by atoms with Crippen molar-refractivity contribution in [1.82, 2.24) is 4.98 Å². The fourth-order valence-corrected chi connectivity index (χ4v) is 2.59. The summed E-state index contributed by atoms with van der Waals surface area (Å²) >= 11 is 0. The minimum Gasteiger partial charge on any atom is -0.291 e. The van der Waals surface area contributed by atoms with Gasteiger partial charge in [0, 0.05) is 17.3 Å². The second-order valence-electron chi connectivity index (χ2n) is 6.99. The van der Waals surface area contributed by atoms with Crippen LogP contribution in [0.25, 0.3) is 0 Å². The van der Waals surface area contributed by atoms with E-state index in [4.69, 9.17) is 0 Å². The van der Waals surface area contributed by atoms with Gasteiger partial charge in [-0.3, -0.25) is 9.69 Å². The van der Waals surface area contributed by atoms with E-state index in [1.54, 1.807) is 0 Å². The SMILES string of the molecule is CC(C)(C)c1ccnc2c1CC(=O)N2C(C)(C)C. The molecule has 0 bridgehead atoms. The molecule has 2 heterocycles. The van der Waals surface area contributed by atoms with Gasteiger partial charge in [0.05, 0.1) is 6.42 Å². The Balaban J connectivity index is 2.60. The summed E-state index contributed by atoms with van der Waals surface area (Å²) in [5.74, 6) is 1.00. The van der Waals surface area contributed by atoms with E-state index < -0.39 is 0 Å². The van der Waals surface area contributed by atoms with Crippen LogP contribution >= 0.6 is 0 Å². The largest absolute Gasteiger partial charge is 0.291 e. The Morgan fingerprint density at radius 3 is 2.28 bits per heavy atom. The van der Waals surface area contributed by atoms with Crippen LogP contribution in [0.2, 0.25) is 0 Å². The van der Waals surface area contributed by atoms with E-state index in [-0.39, 0.29) is 16.9 Å². The Morgan fingerprint density at radius 2 is 1.78 bits per heavy atom. The Bertz CT molecular complexity index is 492. The number of carbonyl (C=O) groups is 1. The predicted molar refractivity (Wildman–Crippen MR) is 73.9 cm³/mol. The number of anilines is 1. The van der Waals surface area contributed by atoms with Crippen LogP contribution in [0.15, 0.2) is 12.3 Å². The minimum absolute atomic E-state index is 0.0429. The number of aromatic nitrogens is 1. The molecule has 2 rings (SSSR count). The molecular formula is C15H22N2O. The number of fused-ring (bicyclic) bond motifs is 1. The molecular weight excluding hydrogens is 224 g/mol. The smallest absolute Gasteiger partial charge is 0.233 e. The standard InChI is InChI=1S/C15H22N2O/c1-14(2,3)11-7-8-16-13-10(11)9-12(18)17(13)15(4,5)6/h7-8H,9H2,1-6H3. The molecule has 1 amide bonds. The highest BCUT2D eigenvalue weighted by molar-refractivity contribution is 6.01. The average molecular weight is 246 g/mol. The summed E-state index contributed by atoms with van der Waals surface area (Å²) in [7, 11) is 0. The van der Waals surface area contributed by atoms with Crippen LogP contribution in [0.1, 0.15) is 52.7 Å². The van der Waals surface area contributed by atoms with Crippen molar-refractivity contribution in [3.63, 3.8) is 0 Å². The zero-order valence-electron chi connectivity index (χ0n) is 12.2.